The molecule has 0 aromatic carbocycles. The highest BCUT2D eigenvalue weighted by atomic mass is 16.6. The van der Waals surface area contributed by atoms with E-state index in [4.69, 9.17) is 14.2 Å². The van der Waals surface area contributed by atoms with E-state index in [1.807, 2.05) is 0 Å². The minimum absolute atomic E-state index is 0.0896. The highest BCUT2D eigenvalue weighted by Crippen LogP contribution is 2.17. The summed E-state index contributed by atoms with van der Waals surface area (Å²) in [5.41, 5.74) is 0. The zero-order chi connectivity index (χ0) is 53.6. The fraction of sp³-hybridized carbons (Fsp3) is 0.721. The van der Waals surface area contributed by atoms with Crippen molar-refractivity contribution >= 4 is 17.9 Å². The third-order valence-corrected chi connectivity index (χ3v) is 13.4. The van der Waals surface area contributed by atoms with Crippen LogP contribution in [-0.2, 0) is 28.6 Å². The monoisotopic (exact) mass is 1030 g/mol. The maximum absolute atomic E-state index is 12.8. The summed E-state index contributed by atoms with van der Waals surface area (Å²) in [4.78, 5) is 38.0. The summed E-state index contributed by atoms with van der Waals surface area (Å²) >= 11 is 0. The first kappa shape index (κ1) is 70.3. The number of allylic oxidation sites excluding steroid dienone is 16. The average molecular weight is 1030 g/mol. The molecule has 0 spiro atoms. The minimum Gasteiger partial charge on any atom is -0.462 e. The third kappa shape index (κ3) is 59.2. The second-order valence-corrected chi connectivity index (χ2v) is 20.6. The third-order valence-electron chi connectivity index (χ3n) is 13.4. The molecule has 0 rings (SSSR count). The summed E-state index contributed by atoms with van der Waals surface area (Å²) < 4.78 is 16.8. The first-order valence-corrected chi connectivity index (χ1v) is 31.2. The molecule has 0 saturated heterocycles. The van der Waals surface area contributed by atoms with Crippen molar-refractivity contribution in [3.63, 3.8) is 0 Å². The van der Waals surface area contributed by atoms with Crippen molar-refractivity contribution in [3.05, 3.63) is 97.2 Å². The van der Waals surface area contributed by atoms with Crippen molar-refractivity contribution in [2.75, 3.05) is 13.2 Å². The molecule has 0 aliphatic carbocycles. The Morgan fingerprint density at radius 1 is 0.284 bits per heavy atom. The lowest BCUT2D eigenvalue weighted by molar-refractivity contribution is -0.167. The van der Waals surface area contributed by atoms with Gasteiger partial charge in [-0.1, -0.05) is 291 Å². The number of ether oxygens (including phenoxy) is 3. The second-order valence-electron chi connectivity index (χ2n) is 20.6. The topological polar surface area (TPSA) is 78.9 Å². The molecule has 0 aromatic heterocycles. The zero-order valence-electron chi connectivity index (χ0n) is 48.6. The van der Waals surface area contributed by atoms with Crippen LogP contribution >= 0.6 is 0 Å². The van der Waals surface area contributed by atoms with E-state index in [1.54, 1.807) is 0 Å². The Bertz CT molecular complexity index is 1460. The quantitative estimate of drug-likeness (QED) is 0.0261. The predicted molar refractivity (Wildman–Crippen MR) is 320 cm³/mol. The fourth-order valence-corrected chi connectivity index (χ4v) is 8.69. The number of carbonyl (C=O) groups is 3. The molecule has 0 amide bonds. The predicted octanol–water partition coefficient (Wildman–Crippen LogP) is 21.3. The molecule has 6 heteroatoms. The minimum atomic E-state index is -0.792. The Morgan fingerprint density at radius 2 is 0.527 bits per heavy atom. The van der Waals surface area contributed by atoms with Crippen LogP contribution in [0.2, 0.25) is 0 Å². The van der Waals surface area contributed by atoms with Crippen LogP contribution in [0.4, 0.5) is 0 Å². The Balaban J connectivity index is 4.19. The van der Waals surface area contributed by atoms with Gasteiger partial charge < -0.3 is 14.2 Å². The largest absolute Gasteiger partial charge is 0.462 e. The van der Waals surface area contributed by atoms with Gasteiger partial charge >= 0.3 is 17.9 Å². The summed E-state index contributed by atoms with van der Waals surface area (Å²) in [5, 5.41) is 0. The SMILES string of the molecule is CC/C=C\C/C=C\C/C=C\C/C=C\C/C=C\C/C=C\C/C=C\C/C=C\CCCCC(=O)OCC(COC(=O)CCCCCCCC)OC(=O)CCCCCCCCCCCCCCCCCCCCCCCCC. The normalized spacial score (nSPS) is 12.7. The van der Waals surface area contributed by atoms with Crippen LogP contribution in [0.15, 0.2) is 97.2 Å². The van der Waals surface area contributed by atoms with Gasteiger partial charge in [-0.3, -0.25) is 14.4 Å². The molecule has 74 heavy (non-hydrogen) atoms. The van der Waals surface area contributed by atoms with E-state index in [1.165, 1.54) is 148 Å². The van der Waals surface area contributed by atoms with Gasteiger partial charge in [-0.2, -0.15) is 0 Å². The fourth-order valence-electron chi connectivity index (χ4n) is 8.69. The van der Waals surface area contributed by atoms with Gasteiger partial charge in [0.1, 0.15) is 13.2 Å². The molecule has 0 aliphatic heterocycles. The number of carbonyl (C=O) groups excluding carboxylic acids is 3. The van der Waals surface area contributed by atoms with Crippen molar-refractivity contribution in [2.45, 2.75) is 303 Å². The van der Waals surface area contributed by atoms with Gasteiger partial charge in [-0.05, 0) is 83.5 Å². The van der Waals surface area contributed by atoms with Crippen molar-refractivity contribution in [3.8, 4) is 0 Å². The molecule has 0 saturated carbocycles. The highest BCUT2D eigenvalue weighted by Gasteiger charge is 2.19. The van der Waals surface area contributed by atoms with Gasteiger partial charge in [0.25, 0.3) is 0 Å². The number of rotatable bonds is 56. The Morgan fingerprint density at radius 3 is 0.824 bits per heavy atom. The Hall–Kier alpha value is -3.67. The van der Waals surface area contributed by atoms with E-state index in [-0.39, 0.29) is 31.1 Å². The van der Waals surface area contributed by atoms with Gasteiger partial charge in [0.2, 0.25) is 0 Å². The summed E-state index contributed by atoms with van der Waals surface area (Å²) in [6.07, 6.45) is 83.1. The van der Waals surface area contributed by atoms with E-state index >= 15 is 0 Å². The van der Waals surface area contributed by atoms with Crippen LogP contribution in [-0.4, -0.2) is 37.2 Å². The number of hydrogen-bond acceptors (Lipinski definition) is 6. The molecule has 0 radical (unpaired) electrons. The molecular weight excluding hydrogens is 913 g/mol. The molecule has 1 unspecified atom stereocenters. The summed E-state index contributed by atoms with van der Waals surface area (Å²) in [6.45, 7) is 6.45. The van der Waals surface area contributed by atoms with Crippen LogP contribution in [0.5, 0.6) is 0 Å². The average Bonchev–Trinajstić information content (AvgIpc) is 3.40. The van der Waals surface area contributed by atoms with E-state index in [9.17, 15) is 14.4 Å². The standard InChI is InChI=1S/C68H116O6/c1-4-7-10-13-16-18-20-22-24-26-28-30-32-33-34-35-37-38-40-42-44-46-48-50-52-55-58-61-67(70)73-64-65(63-72-66(69)60-57-54-15-12-9-6-3)74-68(71)62-59-56-53-51-49-47-45-43-41-39-36-31-29-27-25-23-21-19-17-14-11-8-5-2/h7,10,16,18,22,24,28,30,33-34,37-38,42,44,48,50,65H,4-6,8-9,11-15,17,19-21,23,25-27,29,31-32,35-36,39-41,43,45-47,49,51-64H2,1-3H3/b10-7-,18-16-,24-22-,30-28-,34-33-,38-37-,44-42-,50-48-. The summed E-state index contributed by atoms with van der Waals surface area (Å²) in [5.74, 6) is -0.937. The van der Waals surface area contributed by atoms with Gasteiger partial charge in [0.05, 0.1) is 0 Å². The molecule has 0 N–H and O–H groups in total. The van der Waals surface area contributed by atoms with E-state index < -0.39 is 6.10 Å². The van der Waals surface area contributed by atoms with E-state index in [0.717, 1.165) is 109 Å². The van der Waals surface area contributed by atoms with E-state index in [0.29, 0.717) is 19.3 Å². The number of hydrogen-bond donors (Lipinski definition) is 0. The zero-order valence-corrected chi connectivity index (χ0v) is 48.6. The molecule has 1 atom stereocenters. The lowest BCUT2D eigenvalue weighted by atomic mass is 10.0. The lowest BCUT2D eigenvalue weighted by Gasteiger charge is -2.18. The van der Waals surface area contributed by atoms with Gasteiger partial charge in [0, 0.05) is 19.3 Å². The van der Waals surface area contributed by atoms with Gasteiger partial charge in [-0.15, -0.1) is 0 Å². The Kier molecular flexibility index (Phi) is 58.8. The summed E-state index contributed by atoms with van der Waals surface area (Å²) in [7, 11) is 0. The summed E-state index contributed by atoms with van der Waals surface area (Å²) in [6, 6.07) is 0. The van der Waals surface area contributed by atoms with Crippen LogP contribution in [0, 0.1) is 0 Å². The maximum atomic E-state index is 12.8. The first-order chi connectivity index (χ1) is 36.5. The molecular formula is C68H116O6. The van der Waals surface area contributed by atoms with Crippen LogP contribution in [0.1, 0.15) is 297 Å². The number of esters is 3. The van der Waals surface area contributed by atoms with Crippen LogP contribution in [0.3, 0.4) is 0 Å². The molecule has 0 aromatic rings. The highest BCUT2D eigenvalue weighted by molar-refractivity contribution is 5.71. The van der Waals surface area contributed by atoms with Crippen LogP contribution < -0.4 is 0 Å². The van der Waals surface area contributed by atoms with Crippen molar-refractivity contribution in [1.82, 2.24) is 0 Å². The lowest BCUT2D eigenvalue weighted by Crippen LogP contribution is -2.30. The molecule has 0 fully saturated rings. The van der Waals surface area contributed by atoms with Gasteiger partial charge in [0.15, 0.2) is 6.10 Å². The molecule has 0 bridgehead atoms. The molecule has 424 valence electrons. The molecule has 0 aliphatic rings. The molecule has 6 nitrogen and oxygen atoms in total. The van der Waals surface area contributed by atoms with Crippen molar-refractivity contribution < 1.29 is 28.6 Å². The number of unbranched alkanes of at least 4 members (excludes halogenated alkanes) is 29. The van der Waals surface area contributed by atoms with Gasteiger partial charge in [-0.25, -0.2) is 0 Å². The second kappa shape index (κ2) is 61.9. The van der Waals surface area contributed by atoms with Crippen molar-refractivity contribution in [1.29, 1.82) is 0 Å². The molecule has 0 heterocycles. The Labute approximate surface area is 457 Å². The smallest absolute Gasteiger partial charge is 0.306 e. The first-order valence-electron chi connectivity index (χ1n) is 31.2. The van der Waals surface area contributed by atoms with Crippen LogP contribution in [0.25, 0.3) is 0 Å². The maximum Gasteiger partial charge on any atom is 0.306 e. The van der Waals surface area contributed by atoms with Crippen molar-refractivity contribution in [2.24, 2.45) is 0 Å². The van der Waals surface area contributed by atoms with E-state index in [2.05, 4.69) is 118 Å².